The Kier molecular flexibility index (Phi) is 15.7. The van der Waals surface area contributed by atoms with Crippen molar-refractivity contribution in [3.63, 3.8) is 0 Å². The third-order valence-electron chi connectivity index (χ3n) is 6.99. The number of hydrogen-bond acceptors (Lipinski definition) is 10. The fraction of sp³-hybridized carbons (Fsp3) is 0.692. The summed E-state index contributed by atoms with van der Waals surface area (Å²) >= 11 is 0. The molecule has 0 radical (unpaired) electrons. The van der Waals surface area contributed by atoms with E-state index in [2.05, 4.69) is 26.6 Å². The number of nitrogens with zero attached hydrogens (tertiary/aromatic N) is 1. The monoisotopic (exact) mass is 642 g/mol. The minimum absolute atomic E-state index is 0.0588. The number of rotatable bonds is 18. The van der Waals surface area contributed by atoms with Gasteiger partial charge in [-0.15, -0.1) is 0 Å². The summed E-state index contributed by atoms with van der Waals surface area (Å²) in [6.45, 7) is 4.50. The van der Waals surface area contributed by atoms with Crippen molar-refractivity contribution >= 4 is 47.4 Å². The van der Waals surface area contributed by atoms with Crippen molar-refractivity contribution in [2.75, 3.05) is 19.6 Å². The van der Waals surface area contributed by atoms with Crippen LogP contribution in [0.5, 0.6) is 0 Å². The van der Waals surface area contributed by atoms with Gasteiger partial charge in [0.15, 0.2) is 5.96 Å². The number of primary amides is 1. The number of hydrogen-bond donors (Lipinski definition) is 11. The van der Waals surface area contributed by atoms with Gasteiger partial charge in [-0.2, -0.15) is 0 Å². The fourth-order valence-electron chi connectivity index (χ4n) is 4.65. The molecule has 0 unspecified atom stereocenters. The second-order valence-corrected chi connectivity index (χ2v) is 11.0. The predicted molar refractivity (Wildman–Crippen MR) is 159 cm³/mol. The van der Waals surface area contributed by atoms with E-state index < -0.39 is 84.1 Å². The molecule has 19 nitrogen and oxygen atoms in total. The lowest BCUT2D eigenvalue weighted by Crippen LogP contribution is -2.60. The minimum atomic E-state index is -1.68. The first-order valence-corrected chi connectivity index (χ1v) is 14.5. The molecule has 19 heteroatoms. The van der Waals surface area contributed by atoms with Crippen molar-refractivity contribution in [2.45, 2.75) is 89.2 Å². The molecule has 254 valence electrons. The van der Waals surface area contributed by atoms with Gasteiger partial charge in [-0.05, 0) is 38.5 Å². The number of guanidine groups is 1. The highest BCUT2D eigenvalue weighted by Gasteiger charge is 2.40. The summed E-state index contributed by atoms with van der Waals surface area (Å²) in [7, 11) is 0. The average molecular weight is 643 g/mol. The molecule has 6 amide bonds. The Bertz CT molecular complexity index is 1120. The van der Waals surface area contributed by atoms with Crippen LogP contribution in [0.15, 0.2) is 0 Å². The topological polar surface area (TPSA) is 325 Å². The number of carbonyl (C=O) groups excluding carboxylic acids is 6. The van der Waals surface area contributed by atoms with Gasteiger partial charge in [-0.1, -0.05) is 13.8 Å². The highest BCUT2D eigenvalue weighted by atomic mass is 16.4. The van der Waals surface area contributed by atoms with Crippen LogP contribution in [-0.4, -0.2) is 118 Å². The Morgan fingerprint density at radius 3 is 2.09 bits per heavy atom. The summed E-state index contributed by atoms with van der Waals surface area (Å²) in [5.74, 6) is -7.03. The van der Waals surface area contributed by atoms with Crippen LogP contribution in [0.25, 0.3) is 0 Å². The average Bonchev–Trinajstić information content (AvgIpc) is 3.44. The van der Waals surface area contributed by atoms with Gasteiger partial charge in [-0.3, -0.25) is 39.0 Å². The van der Waals surface area contributed by atoms with Crippen LogP contribution in [0, 0.1) is 11.3 Å². The molecular formula is C26H46N10O9. The molecule has 0 aromatic carbocycles. The minimum Gasteiger partial charge on any atom is -0.481 e. The predicted octanol–water partition coefficient (Wildman–Crippen LogP) is -4.86. The van der Waals surface area contributed by atoms with E-state index in [0.717, 1.165) is 0 Å². The summed E-state index contributed by atoms with van der Waals surface area (Å²) in [5.41, 5.74) is 15.9. The molecule has 1 saturated heterocycles. The molecule has 1 aliphatic rings. The Balaban J connectivity index is 3.20. The summed E-state index contributed by atoms with van der Waals surface area (Å²) in [5, 5.41) is 38.6. The maximum atomic E-state index is 13.8. The van der Waals surface area contributed by atoms with E-state index in [1.54, 1.807) is 13.8 Å². The summed E-state index contributed by atoms with van der Waals surface area (Å²) in [6.07, 6.45) is -1.43. The van der Waals surface area contributed by atoms with E-state index in [1.165, 1.54) is 11.8 Å². The number of carbonyl (C=O) groups is 7. The molecule has 0 spiro atoms. The van der Waals surface area contributed by atoms with E-state index in [1.807, 2.05) is 0 Å². The second-order valence-electron chi connectivity index (χ2n) is 11.0. The highest BCUT2D eigenvalue weighted by Crippen LogP contribution is 2.20. The van der Waals surface area contributed by atoms with Gasteiger partial charge < -0.3 is 58.9 Å². The molecule has 6 atom stereocenters. The SMILES string of the molecule is CC(C)[C@H](NC(=O)CN)C(=O)N[C@@H](CCCNC(=N)N)C(=O)N1CCC[C@H]1C(=O)N[C@@H](CC(=O)O)C(=O)N[C@H](C(N)=O)[C@@H](C)O. The van der Waals surface area contributed by atoms with Crippen molar-refractivity contribution in [1.82, 2.24) is 31.5 Å². The third kappa shape index (κ3) is 12.5. The zero-order valence-electron chi connectivity index (χ0n) is 25.6. The first-order valence-electron chi connectivity index (χ1n) is 14.5. The molecule has 0 saturated carbocycles. The first kappa shape index (κ1) is 38.5. The second kappa shape index (κ2) is 18.3. The lowest BCUT2D eigenvalue weighted by molar-refractivity contribution is -0.144. The van der Waals surface area contributed by atoms with Crippen molar-refractivity contribution < 1.29 is 43.8 Å². The van der Waals surface area contributed by atoms with Gasteiger partial charge >= 0.3 is 5.97 Å². The molecule has 0 aromatic rings. The van der Waals surface area contributed by atoms with Crippen LogP contribution in [0.1, 0.15) is 52.9 Å². The molecule has 1 aliphatic heterocycles. The van der Waals surface area contributed by atoms with Crippen LogP contribution >= 0.6 is 0 Å². The standard InChI is InChI=1S/C26H46N10O9/c1-12(2)19(34-17(38)11-27)24(44)32-14(6-4-8-31-26(29)30)25(45)36-9-5-7-16(36)23(43)33-15(10-18(39)40)22(42)35-20(13(3)37)21(28)41/h12-16,19-20,37H,4-11,27H2,1-3H3,(H2,28,41)(H,32,44)(H,33,43)(H,34,38)(H,35,42)(H,39,40)(H4,29,30,31)/t13-,14+,15+,16+,19+,20+/m1/s1. The molecular weight excluding hydrogens is 596 g/mol. The van der Waals surface area contributed by atoms with E-state index in [9.17, 15) is 43.8 Å². The zero-order chi connectivity index (χ0) is 34.4. The number of carboxylic acids is 1. The number of nitrogens with one attached hydrogen (secondary N) is 6. The smallest absolute Gasteiger partial charge is 0.305 e. The third-order valence-corrected chi connectivity index (χ3v) is 6.99. The van der Waals surface area contributed by atoms with Crippen LogP contribution in [0.3, 0.4) is 0 Å². The maximum absolute atomic E-state index is 13.8. The highest BCUT2D eigenvalue weighted by molar-refractivity contribution is 5.97. The van der Waals surface area contributed by atoms with E-state index in [0.29, 0.717) is 6.42 Å². The normalized spacial score (nSPS) is 17.6. The number of likely N-dealkylation sites (tertiary alicyclic amines) is 1. The summed E-state index contributed by atoms with van der Waals surface area (Å²) < 4.78 is 0. The molecule has 0 bridgehead atoms. The zero-order valence-corrected chi connectivity index (χ0v) is 25.6. The van der Waals surface area contributed by atoms with Gasteiger partial charge in [-0.25, -0.2) is 0 Å². The Labute approximate surface area is 260 Å². The number of carboxylic acid groups (broad SMARTS) is 1. The molecule has 0 aromatic heterocycles. The number of amides is 6. The molecule has 1 fully saturated rings. The summed E-state index contributed by atoms with van der Waals surface area (Å²) in [4.78, 5) is 89.3. The first-order chi connectivity index (χ1) is 21.0. The summed E-state index contributed by atoms with van der Waals surface area (Å²) in [6, 6.07) is -6.57. The van der Waals surface area contributed by atoms with Crippen LogP contribution in [-0.2, 0) is 33.6 Å². The molecule has 14 N–H and O–H groups in total. The van der Waals surface area contributed by atoms with Crippen LogP contribution in [0.2, 0.25) is 0 Å². The van der Waals surface area contributed by atoms with Gasteiger partial charge in [0.1, 0.15) is 30.2 Å². The number of aliphatic hydroxyl groups is 1. The van der Waals surface area contributed by atoms with Gasteiger partial charge in [0.05, 0.1) is 19.1 Å². The Morgan fingerprint density at radius 2 is 1.58 bits per heavy atom. The lowest BCUT2D eigenvalue weighted by Gasteiger charge is -2.31. The van der Waals surface area contributed by atoms with Gasteiger partial charge in [0, 0.05) is 13.1 Å². The molecule has 45 heavy (non-hydrogen) atoms. The van der Waals surface area contributed by atoms with Crippen molar-refractivity contribution in [3.8, 4) is 0 Å². The van der Waals surface area contributed by atoms with Crippen molar-refractivity contribution in [2.24, 2.45) is 23.1 Å². The van der Waals surface area contributed by atoms with E-state index in [4.69, 9.17) is 22.6 Å². The number of aliphatic hydroxyl groups excluding tert-OH is 1. The van der Waals surface area contributed by atoms with Crippen molar-refractivity contribution in [3.05, 3.63) is 0 Å². The quantitative estimate of drug-likeness (QED) is 0.0381. The number of aliphatic carboxylic acids is 1. The molecule has 1 rings (SSSR count). The Morgan fingerprint density at radius 1 is 0.933 bits per heavy atom. The Hall–Kier alpha value is -4.52. The maximum Gasteiger partial charge on any atom is 0.305 e. The molecule has 0 aliphatic carbocycles. The van der Waals surface area contributed by atoms with E-state index in [-0.39, 0.29) is 50.8 Å². The van der Waals surface area contributed by atoms with Crippen LogP contribution in [0.4, 0.5) is 0 Å². The fourth-order valence-corrected chi connectivity index (χ4v) is 4.65. The van der Waals surface area contributed by atoms with Gasteiger partial charge in [0.2, 0.25) is 35.4 Å². The van der Waals surface area contributed by atoms with E-state index >= 15 is 0 Å². The van der Waals surface area contributed by atoms with Gasteiger partial charge in [0.25, 0.3) is 0 Å². The van der Waals surface area contributed by atoms with Crippen molar-refractivity contribution in [1.29, 1.82) is 5.41 Å². The molecule has 1 heterocycles. The number of nitrogens with two attached hydrogens (primary N) is 3. The largest absolute Gasteiger partial charge is 0.481 e. The van der Waals surface area contributed by atoms with Crippen LogP contribution < -0.4 is 43.8 Å². The lowest BCUT2D eigenvalue weighted by atomic mass is 10.0.